The maximum atomic E-state index is 11.1. The van der Waals surface area contributed by atoms with Gasteiger partial charge in [0.25, 0.3) is 11.4 Å². The molecule has 0 amide bonds. The predicted molar refractivity (Wildman–Crippen MR) is 88.8 cm³/mol. The second-order valence-corrected chi connectivity index (χ2v) is 4.81. The third-order valence-corrected chi connectivity index (χ3v) is 3.18. The Morgan fingerprint density at radius 3 is 2.16 bits per heavy atom. The molecule has 0 N–H and O–H groups in total. The average Bonchev–Trinajstić information content (AvgIpc) is 2.59. The first-order valence-corrected chi connectivity index (χ1v) is 6.74. The fourth-order valence-electron chi connectivity index (χ4n) is 1.98. The summed E-state index contributed by atoms with van der Waals surface area (Å²) < 4.78 is 0. The zero-order chi connectivity index (χ0) is 18.6. The topological polar surface area (TPSA) is 145 Å². The molecule has 0 atom stereocenters. The number of nitrogens with zero attached hydrogens (tertiary/aromatic N) is 5. The molecule has 0 unspecified atom stereocenters. The van der Waals surface area contributed by atoms with Crippen molar-refractivity contribution in [3.05, 3.63) is 78.4 Å². The quantitative estimate of drug-likeness (QED) is 0.444. The molecule has 0 heterocycles. The molecule has 2 aromatic rings. The number of hydrazone groups is 1. The van der Waals surface area contributed by atoms with Gasteiger partial charge in [-0.15, -0.1) is 0 Å². The smallest absolute Gasteiger partial charge is 0.262 e. The van der Waals surface area contributed by atoms with Gasteiger partial charge in [0.2, 0.25) is 0 Å². The summed E-state index contributed by atoms with van der Waals surface area (Å²) >= 11 is 0. The van der Waals surface area contributed by atoms with Crippen LogP contribution in [-0.2, 0) is 0 Å². The van der Waals surface area contributed by atoms with E-state index in [4.69, 9.17) is 0 Å². The number of rotatable bonds is 6. The number of nitro benzene ring substituents is 3. The second kappa shape index (κ2) is 7.12. The van der Waals surface area contributed by atoms with Crippen LogP contribution in [0.25, 0.3) is 0 Å². The average molecular weight is 345 g/mol. The van der Waals surface area contributed by atoms with Crippen LogP contribution in [0.4, 0.5) is 22.7 Å². The number of hydrogen-bond acceptors (Lipinski definition) is 8. The zero-order valence-corrected chi connectivity index (χ0v) is 12.8. The monoisotopic (exact) mass is 345 g/mol. The minimum atomic E-state index is -0.748. The zero-order valence-electron chi connectivity index (χ0n) is 12.8. The van der Waals surface area contributed by atoms with E-state index in [-0.39, 0.29) is 11.4 Å². The van der Waals surface area contributed by atoms with E-state index in [1.165, 1.54) is 37.5 Å². The third kappa shape index (κ3) is 4.10. The van der Waals surface area contributed by atoms with Gasteiger partial charge in [0, 0.05) is 30.8 Å². The SMILES string of the molecule is CN(/N=C/c1cccc([N+](=O)[O-])c1)c1ccc([N+](=O)[O-])cc1[N+](=O)[O-]. The Bertz CT molecular complexity index is 882. The van der Waals surface area contributed by atoms with E-state index in [9.17, 15) is 30.3 Å². The Kier molecular flexibility index (Phi) is 4.98. The highest BCUT2D eigenvalue weighted by molar-refractivity contribution is 5.82. The molecule has 0 aromatic heterocycles. The van der Waals surface area contributed by atoms with Crippen molar-refractivity contribution in [2.45, 2.75) is 0 Å². The summed E-state index contributed by atoms with van der Waals surface area (Å²) in [5.41, 5.74) is -0.546. The van der Waals surface area contributed by atoms with Crippen molar-refractivity contribution in [2.75, 3.05) is 12.1 Å². The van der Waals surface area contributed by atoms with Crippen molar-refractivity contribution < 1.29 is 14.8 Å². The molecule has 2 rings (SSSR count). The standard InChI is InChI=1S/C14H11N5O6/c1-16(15-9-10-3-2-4-11(7-10)17(20)21)13-6-5-12(18(22)23)8-14(13)19(24)25/h2-9H,1H3/b15-9+. The minimum Gasteiger partial charge on any atom is -0.262 e. The molecule has 25 heavy (non-hydrogen) atoms. The van der Waals surface area contributed by atoms with Crippen LogP contribution in [-0.4, -0.2) is 28.0 Å². The van der Waals surface area contributed by atoms with Gasteiger partial charge >= 0.3 is 5.69 Å². The van der Waals surface area contributed by atoms with Crippen LogP contribution < -0.4 is 5.01 Å². The first kappa shape index (κ1) is 17.5. The van der Waals surface area contributed by atoms with Gasteiger partial charge in [-0.05, 0) is 6.07 Å². The molecule has 0 spiro atoms. The Balaban J connectivity index is 2.33. The lowest BCUT2D eigenvalue weighted by Crippen LogP contribution is -2.11. The van der Waals surface area contributed by atoms with Crippen molar-refractivity contribution >= 4 is 29.0 Å². The van der Waals surface area contributed by atoms with E-state index in [0.717, 1.165) is 17.1 Å². The Morgan fingerprint density at radius 1 is 0.920 bits per heavy atom. The van der Waals surface area contributed by atoms with Gasteiger partial charge in [0.05, 0.1) is 27.1 Å². The molecule has 11 nitrogen and oxygen atoms in total. The molecule has 2 aromatic carbocycles. The fourth-order valence-corrected chi connectivity index (χ4v) is 1.98. The van der Waals surface area contributed by atoms with Crippen molar-refractivity contribution in [1.29, 1.82) is 0 Å². The number of nitro groups is 3. The molecule has 0 bridgehead atoms. The molecular formula is C14H11N5O6. The normalized spacial score (nSPS) is 10.6. The summed E-state index contributed by atoms with van der Waals surface area (Å²) in [4.78, 5) is 30.6. The molecule has 0 radical (unpaired) electrons. The van der Waals surface area contributed by atoms with Crippen LogP contribution in [0, 0.1) is 30.3 Å². The lowest BCUT2D eigenvalue weighted by molar-refractivity contribution is -0.393. The fraction of sp³-hybridized carbons (Fsp3) is 0.0714. The highest BCUT2D eigenvalue weighted by Crippen LogP contribution is 2.31. The molecule has 11 heteroatoms. The van der Waals surface area contributed by atoms with Gasteiger partial charge in [-0.2, -0.15) is 5.10 Å². The van der Waals surface area contributed by atoms with Crippen molar-refractivity contribution in [2.24, 2.45) is 5.10 Å². The van der Waals surface area contributed by atoms with Crippen molar-refractivity contribution in [3.8, 4) is 0 Å². The van der Waals surface area contributed by atoms with E-state index in [1.807, 2.05) is 0 Å². The summed E-state index contributed by atoms with van der Waals surface area (Å²) in [6.07, 6.45) is 1.29. The van der Waals surface area contributed by atoms with E-state index in [2.05, 4.69) is 5.10 Å². The molecular weight excluding hydrogens is 334 g/mol. The van der Waals surface area contributed by atoms with Gasteiger partial charge in [-0.3, -0.25) is 35.4 Å². The van der Waals surface area contributed by atoms with Crippen LogP contribution in [0.1, 0.15) is 5.56 Å². The summed E-state index contributed by atoms with van der Waals surface area (Å²) in [6.45, 7) is 0. The van der Waals surface area contributed by atoms with Gasteiger partial charge in [0.1, 0.15) is 5.69 Å². The van der Waals surface area contributed by atoms with Crippen molar-refractivity contribution in [1.82, 2.24) is 0 Å². The summed E-state index contributed by atoms with van der Waals surface area (Å²) in [6, 6.07) is 8.85. The van der Waals surface area contributed by atoms with Crippen LogP contribution >= 0.6 is 0 Å². The molecule has 0 saturated heterocycles. The van der Waals surface area contributed by atoms with Crippen LogP contribution in [0.2, 0.25) is 0 Å². The first-order chi connectivity index (χ1) is 11.8. The van der Waals surface area contributed by atoms with Gasteiger partial charge < -0.3 is 0 Å². The Hall–Kier alpha value is -3.89. The maximum absolute atomic E-state index is 11.1. The minimum absolute atomic E-state index is 0.0391. The summed E-state index contributed by atoms with van der Waals surface area (Å²) in [7, 11) is 1.42. The molecule has 128 valence electrons. The molecule has 0 aliphatic rings. The Labute approximate surface area is 140 Å². The van der Waals surface area contributed by atoms with Crippen LogP contribution in [0.3, 0.4) is 0 Å². The maximum Gasteiger partial charge on any atom is 0.301 e. The number of hydrogen-bond donors (Lipinski definition) is 0. The van der Waals surface area contributed by atoms with E-state index < -0.39 is 26.1 Å². The van der Waals surface area contributed by atoms with E-state index in [0.29, 0.717) is 5.56 Å². The molecule has 0 aliphatic heterocycles. The second-order valence-electron chi connectivity index (χ2n) is 4.81. The molecule has 0 saturated carbocycles. The number of anilines is 1. The Morgan fingerprint density at radius 2 is 1.56 bits per heavy atom. The lowest BCUT2D eigenvalue weighted by Gasteiger charge is -2.12. The number of non-ortho nitro benzene ring substituents is 2. The first-order valence-electron chi connectivity index (χ1n) is 6.74. The van der Waals surface area contributed by atoms with Gasteiger partial charge in [-0.25, -0.2) is 0 Å². The van der Waals surface area contributed by atoms with E-state index in [1.54, 1.807) is 6.07 Å². The van der Waals surface area contributed by atoms with Gasteiger partial charge in [-0.1, -0.05) is 12.1 Å². The number of benzene rings is 2. The molecule has 0 aliphatic carbocycles. The third-order valence-electron chi connectivity index (χ3n) is 3.18. The summed E-state index contributed by atoms with van der Waals surface area (Å²) in [5, 5.41) is 37.8. The largest absolute Gasteiger partial charge is 0.301 e. The van der Waals surface area contributed by atoms with Crippen LogP contribution in [0.15, 0.2) is 47.6 Å². The summed E-state index contributed by atoms with van der Waals surface area (Å²) in [5.74, 6) is 0. The highest BCUT2D eigenvalue weighted by atomic mass is 16.6. The van der Waals surface area contributed by atoms with Gasteiger partial charge in [0.15, 0.2) is 0 Å². The van der Waals surface area contributed by atoms with Crippen molar-refractivity contribution in [3.63, 3.8) is 0 Å². The predicted octanol–water partition coefficient (Wildman–Crippen LogP) is 2.88. The lowest BCUT2D eigenvalue weighted by atomic mass is 10.2. The molecule has 0 fully saturated rings. The van der Waals surface area contributed by atoms with Crippen LogP contribution in [0.5, 0.6) is 0 Å². The highest BCUT2D eigenvalue weighted by Gasteiger charge is 2.21. The van der Waals surface area contributed by atoms with E-state index >= 15 is 0 Å².